The van der Waals surface area contributed by atoms with Gasteiger partial charge in [-0.05, 0) is 19.4 Å². The van der Waals surface area contributed by atoms with Gasteiger partial charge < -0.3 is 9.47 Å². The molecule has 5 nitrogen and oxygen atoms in total. The number of esters is 1. The molecule has 1 amide bonds. The third-order valence-corrected chi connectivity index (χ3v) is 2.98. The van der Waals surface area contributed by atoms with Crippen molar-refractivity contribution in [2.45, 2.75) is 26.4 Å². The molecule has 0 aliphatic rings. The van der Waals surface area contributed by atoms with Crippen molar-refractivity contribution in [3.05, 3.63) is 35.9 Å². The van der Waals surface area contributed by atoms with E-state index in [0.717, 1.165) is 5.56 Å². The van der Waals surface area contributed by atoms with Crippen LogP contribution >= 0.6 is 11.6 Å². The number of carbonyl (C=O) groups is 2. The number of hydrogen-bond acceptors (Lipinski definition) is 4. The SMILES string of the molecule is CCOC(=O)C(C)N(Cc1ccccc1)C(=O)OCCCl. The number of hydrogen-bond donors (Lipinski definition) is 0. The van der Waals surface area contributed by atoms with Crippen LogP contribution in [0, 0.1) is 0 Å². The van der Waals surface area contributed by atoms with Gasteiger partial charge in [-0.25, -0.2) is 9.59 Å². The molecule has 1 aromatic rings. The summed E-state index contributed by atoms with van der Waals surface area (Å²) in [6, 6.07) is 8.64. The van der Waals surface area contributed by atoms with E-state index in [9.17, 15) is 9.59 Å². The summed E-state index contributed by atoms with van der Waals surface area (Å²) in [4.78, 5) is 25.3. The van der Waals surface area contributed by atoms with Gasteiger partial charge in [0.25, 0.3) is 0 Å². The Bertz CT molecular complexity index is 452. The Morgan fingerprint density at radius 1 is 1.24 bits per heavy atom. The summed E-state index contributed by atoms with van der Waals surface area (Å²) in [6.45, 7) is 3.96. The maximum atomic E-state index is 12.1. The lowest BCUT2D eigenvalue weighted by Crippen LogP contribution is -2.44. The van der Waals surface area contributed by atoms with Crippen molar-refractivity contribution in [1.82, 2.24) is 4.90 Å². The summed E-state index contributed by atoms with van der Waals surface area (Å²) in [5, 5.41) is 0. The molecular weight excluding hydrogens is 294 g/mol. The normalized spacial score (nSPS) is 11.6. The number of ether oxygens (including phenoxy) is 2. The largest absolute Gasteiger partial charge is 0.464 e. The molecule has 0 saturated carbocycles. The van der Waals surface area contributed by atoms with Crippen molar-refractivity contribution < 1.29 is 19.1 Å². The molecule has 0 bridgehead atoms. The highest BCUT2D eigenvalue weighted by molar-refractivity contribution is 6.18. The average molecular weight is 314 g/mol. The maximum Gasteiger partial charge on any atom is 0.410 e. The van der Waals surface area contributed by atoms with E-state index in [1.165, 1.54) is 4.90 Å². The summed E-state index contributed by atoms with van der Waals surface area (Å²) in [5.74, 6) is -0.255. The summed E-state index contributed by atoms with van der Waals surface area (Å²) in [6.07, 6.45) is -0.583. The summed E-state index contributed by atoms with van der Waals surface area (Å²) in [7, 11) is 0. The Morgan fingerprint density at radius 3 is 2.48 bits per heavy atom. The van der Waals surface area contributed by atoms with Gasteiger partial charge in [-0.15, -0.1) is 11.6 Å². The third kappa shape index (κ3) is 5.63. The van der Waals surface area contributed by atoms with E-state index >= 15 is 0 Å². The molecule has 1 rings (SSSR count). The first kappa shape index (κ1) is 17.3. The molecule has 0 heterocycles. The highest BCUT2D eigenvalue weighted by atomic mass is 35.5. The molecule has 0 spiro atoms. The van der Waals surface area contributed by atoms with Crippen LogP contribution in [0.5, 0.6) is 0 Å². The number of rotatable bonds is 7. The number of halogens is 1. The maximum absolute atomic E-state index is 12.1. The summed E-state index contributed by atoms with van der Waals surface area (Å²) >= 11 is 5.51. The van der Waals surface area contributed by atoms with Crippen LogP contribution in [0.25, 0.3) is 0 Å². The fourth-order valence-electron chi connectivity index (χ4n) is 1.74. The lowest BCUT2D eigenvalue weighted by molar-refractivity contribution is -0.148. The van der Waals surface area contributed by atoms with E-state index in [-0.39, 0.29) is 25.6 Å². The zero-order chi connectivity index (χ0) is 15.7. The molecule has 21 heavy (non-hydrogen) atoms. The van der Waals surface area contributed by atoms with Gasteiger partial charge in [0.05, 0.1) is 12.5 Å². The van der Waals surface area contributed by atoms with Crippen LogP contribution in [0.15, 0.2) is 30.3 Å². The minimum atomic E-state index is -0.729. The van der Waals surface area contributed by atoms with Gasteiger partial charge in [0.15, 0.2) is 0 Å². The van der Waals surface area contributed by atoms with Crippen LogP contribution in [0.2, 0.25) is 0 Å². The van der Waals surface area contributed by atoms with Crippen molar-refractivity contribution in [3.8, 4) is 0 Å². The van der Waals surface area contributed by atoms with Crippen molar-refractivity contribution >= 4 is 23.7 Å². The lowest BCUT2D eigenvalue weighted by Gasteiger charge is -2.27. The molecule has 1 atom stereocenters. The Morgan fingerprint density at radius 2 is 1.90 bits per heavy atom. The Balaban J connectivity index is 2.83. The number of alkyl halides is 1. The molecule has 0 fully saturated rings. The highest BCUT2D eigenvalue weighted by Gasteiger charge is 2.28. The van der Waals surface area contributed by atoms with Crippen molar-refractivity contribution in [2.24, 2.45) is 0 Å². The van der Waals surface area contributed by atoms with Crippen molar-refractivity contribution in [3.63, 3.8) is 0 Å². The first-order chi connectivity index (χ1) is 10.1. The molecule has 0 aromatic heterocycles. The van der Waals surface area contributed by atoms with Gasteiger partial charge in [0.1, 0.15) is 12.6 Å². The minimum absolute atomic E-state index is 0.0984. The second-order valence-corrected chi connectivity index (χ2v) is 4.72. The second-order valence-electron chi connectivity index (χ2n) is 4.34. The van der Waals surface area contributed by atoms with Crippen LogP contribution < -0.4 is 0 Å². The van der Waals surface area contributed by atoms with E-state index in [0.29, 0.717) is 0 Å². The predicted octanol–water partition coefficient (Wildman–Crippen LogP) is 2.82. The highest BCUT2D eigenvalue weighted by Crippen LogP contribution is 2.11. The average Bonchev–Trinajstić information content (AvgIpc) is 2.50. The van der Waals surface area contributed by atoms with E-state index in [4.69, 9.17) is 21.1 Å². The minimum Gasteiger partial charge on any atom is -0.464 e. The number of carbonyl (C=O) groups excluding carboxylic acids is 2. The topological polar surface area (TPSA) is 55.8 Å². The van der Waals surface area contributed by atoms with Crippen LogP contribution in [0.3, 0.4) is 0 Å². The van der Waals surface area contributed by atoms with E-state index < -0.39 is 18.1 Å². The van der Waals surface area contributed by atoms with Crippen molar-refractivity contribution in [2.75, 3.05) is 19.1 Å². The van der Waals surface area contributed by atoms with Crippen molar-refractivity contribution in [1.29, 1.82) is 0 Å². The second kappa shape index (κ2) is 9.23. The zero-order valence-corrected chi connectivity index (χ0v) is 13.0. The smallest absolute Gasteiger partial charge is 0.410 e. The van der Waals surface area contributed by atoms with E-state index in [1.54, 1.807) is 13.8 Å². The Kier molecular flexibility index (Phi) is 7.61. The molecule has 0 N–H and O–H groups in total. The molecule has 1 aromatic carbocycles. The molecular formula is C15H20ClNO4. The lowest BCUT2D eigenvalue weighted by atomic mass is 10.2. The third-order valence-electron chi connectivity index (χ3n) is 2.83. The Hall–Kier alpha value is -1.75. The van der Waals surface area contributed by atoms with Gasteiger partial charge >= 0.3 is 12.1 Å². The van der Waals surface area contributed by atoms with Gasteiger partial charge in [-0.3, -0.25) is 4.90 Å². The van der Waals surface area contributed by atoms with Crippen LogP contribution in [0.1, 0.15) is 19.4 Å². The van der Waals surface area contributed by atoms with E-state index in [1.807, 2.05) is 30.3 Å². The van der Waals surface area contributed by atoms with Crippen LogP contribution in [-0.2, 0) is 20.8 Å². The number of amides is 1. The monoisotopic (exact) mass is 313 g/mol. The zero-order valence-electron chi connectivity index (χ0n) is 12.3. The van der Waals surface area contributed by atoms with Gasteiger partial charge in [0.2, 0.25) is 0 Å². The summed E-state index contributed by atoms with van der Waals surface area (Å²) < 4.78 is 9.98. The molecule has 116 valence electrons. The predicted molar refractivity (Wildman–Crippen MR) is 80.1 cm³/mol. The Labute approximate surface area is 129 Å². The quantitative estimate of drug-likeness (QED) is 0.574. The van der Waals surface area contributed by atoms with Crippen LogP contribution in [-0.4, -0.2) is 42.1 Å². The van der Waals surface area contributed by atoms with Gasteiger partial charge in [0, 0.05) is 6.54 Å². The fourth-order valence-corrected chi connectivity index (χ4v) is 1.82. The molecule has 0 radical (unpaired) electrons. The molecule has 1 unspecified atom stereocenters. The molecule has 0 aliphatic heterocycles. The molecule has 6 heteroatoms. The first-order valence-electron chi connectivity index (χ1n) is 6.80. The fraction of sp³-hybridized carbons (Fsp3) is 0.467. The van der Waals surface area contributed by atoms with E-state index in [2.05, 4.69) is 0 Å². The first-order valence-corrected chi connectivity index (χ1v) is 7.33. The molecule has 0 aliphatic carbocycles. The van der Waals surface area contributed by atoms with Crippen LogP contribution in [0.4, 0.5) is 4.79 Å². The summed E-state index contributed by atoms with van der Waals surface area (Å²) in [5.41, 5.74) is 0.900. The molecule has 0 saturated heterocycles. The number of nitrogens with zero attached hydrogens (tertiary/aromatic N) is 1. The van der Waals surface area contributed by atoms with Gasteiger partial charge in [-0.2, -0.15) is 0 Å². The van der Waals surface area contributed by atoms with Gasteiger partial charge in [-0.1, -0.05) is 30.3 Å². The number of benzene rings is 1. The standard InChI is InChI=1S/C15H20ClNO4/c1-3-20-14(18)12(2)17(15(19)21-10-9-16)11-13-7-5-4-6-8-13/h4-8,12H,3,9-11H2,1-2H3.